The number of nitrogens with zero attached hydrogens (tertiary/aromatic N) is 1. The monoisotopic (exact) mass is 316 g/mol. The van der Waals surface area contributed by atoms with Crippen LogP contribution in [0, 0.1) is 0 Å². The summed E-state index contributed by atoms with van der Waals surface area (Å²) in [5, 5.41) is 0. The second-order valence-electron chi connectivity index (χ2n) is 3.33. The third kappa shape index (κ3) is 2.67. The highest BCUT2D eigenvalue weighted by molar-refractivity contribution is 9.10. The Kier molecular flexibility index (Phi) is 3.21. The maximum absolute atomic E-state index is 11.4. The Hall–Kier alpha value is -1.34. The molecule has 0 spiro atoms. The van der Waals surface area contributed by atoms with Gasteiger partial charge in [-0.15, -0.1) is 0 Å². The molecule has 2 rings (SSSR count). The van der Waals surface area contributed by atoms with Gasteiger partial charge in [0.1, 0.15) is 17.3 Å². The minimum Gasteiger partial charge on any atom is -0.488 e. The zero-order valence-electron chi connectivity index (χ0n) is 8.63. The number of rotatable bonds is 3. The van der Waals surface area contributed by atoms with E-state index >= 15 is 0 Å². The molecule has 0 bridgehead atoms. The standard InChI is InChI=1S/C10H9BrN2O3S/c11-7-2-1-3-8(4-7)16-6-10-9(12)5-13-17(10,14)15/h1-5H,6,12H2. The minimum atomic E-state index is -3.63. The smallest absolute Gasteiger partial charge is 0.284 e. The van der Waals surface area contributed by atoms with E-state index in [1.54, 1.807) is 18.2 Å². The Morgan fingerprint density at radius 2 is 2.18 bits per heavy atom. The summed E-state index contributed by atoms with van der Waals surface area (Å²) < 4.78 is 32.4. The van der Waals surface area contributed by atoms with Crippen LogP contribution < -0.4 is 10.5 Å². The van der Waals surface area contributed by atoms with E-state index in [9.17, 15) is 8.42 Å². The van der Waals surface area contributed by atoms with E-state index < -0.39 is 10.0 Å². The summed E-state index contributed by atoms with van der Waals surface area (Å²) in [6, 6.07) is 7.09. The van der Waals surface area contributed by atoms with E-state index in [4.69, 9.17) is 10.5 Å². The highest BCUT2D eigenvalue weighted by Crippen LogP contribution is 2.21. The number of halogens is 1. The molecule has 0 saturated carbocycles. The maximum Gasteiger partial charge on any atom is 0.284 e. The Morgan fingerprint density at radius 1 is 1.41 bits per heavy atom. The van der Waals surface area contributed by atoms with Gasteiger partial charge < -0.3 is 10.5 Å². The molecule has 90 valence electrons. The van der Waals surface area contributed by atoms with Crippen molar-refractivity contribution in [2.24, 2.45) is 10.1 Å². The van der Waals surface area contributed by atoms with Crippen LogP contribution >= 0.6 is 15.9 Å². The van der Waals surface area contributed by atoms with Crippen LogP contribution in [0.3, 0.4) is 0 Å². The third-order valence-corrected chi connectivity index (χ3v) is 3.98. The van der Waals surface area contributed by atoms with Gasteiger partial charge in [0.2, 0.25) is 0 Å². The average Bonchev–Trinajstić information content (AvgIpc) is 2.51. The number of ether oxygens (including phenoxy) is 1. The summed E-state index contributed by atoms with van der Waals surface area (Å²) in [4.78, 5) is -0.00234. The lowest BCUT2D eigenvalue weighted by atomic mass is 10.3. The van der Waals surface area contributed by atoms with Gasteiger partial charge in [0, 0.05) is 4.47 Å². The van der Waals surface area contributed by atoms with Crippen molar-refractivity contribution in [1.82, 2.24) is 0 Å². The summed E-state index contributed by atoms with van der Waals surface area (Å²) in [5.41, 5.74) is 5.64. The predicted octanol–water partition coefficient (Wildman–Crippen LogP) is 1.41. The zero-order valence-corrected chi connectivity index (χ0v) is 11.0. The molecule has 0 aliphatic carbocycles. The summed E-state index contributed by atoms with van der Waals surface area (Å²) in [6.07, 6.45) is 1.12. The Bertz CT molecular complexity index is 608. The van der Waals surface area contributed by atoms with Gasteiger partial charge in [-0.05, 0) is 18.2 Å². The molecule has 7 heteroatoms. The molecule has 0 amide bonds. The van der Waals surface area contributed by atoms with Gasteiger partial charge in [-0.25, -0.2) is 0 Å². The number of nitrogens with two attached hydrogens (primary N) is 1. The summed E-state index contributed by atoms with van der Waals surface area (Å²) in [7, 11) is -3.63. The zero-order chi connectivity index (χ0) is 12.5. The van der Waals surface area contributed by atoms with E-state index in [1.807, 2.05) is 6.07 Å². The first-order valence-electron chi connectivity index (χ1n) is 4.66. The molecule has 1 aromatic rings. The van der Waals surface area contributed by atoms with Crippen LogP contribution in [0.25, 0.3) is 0 Å². The van der Waals surface area contributed by atoms with E-state index in [0.717, 1.165) is 10.7 Å². The quantitative estimate of drug-likeness (QED) is 0.914. The fourth-order valence-electron chi connectivity index (χ4n) is 1.27. The molecule has 0 aromatic heterocycles. The molecule has 0 saturated heterocycles. The van der Waals surface area contributed by atoms with Crippen LogP contribution in [0.4, 0.5) is 0 Å². The maximum atomic E-state index is 11.4. The fraction of sp³-hybridized carbons (Fsp3) is 0.100. The van der Waals surface area contributed by atoms with Gasteiger partial charge in [-0.3, -0.25) is 0 Å². The molecule has 2 N–H and O–H groups in total. The van der Waals surface area contributed by atoms with Crippen LogP contribution in [-0.4, -0.2) is 21.2 Å². The van der Waals surface area contributed by atoms with Crippen molar-refractivity contribution in [2.45, 2.75) is 0 Å². The Morgan fingerprint density at radius 3 is 2.76 bits per heavy atom. The van der Waals surface area contributed by atoms with Crippen LogP contribution in [-0.2, 0) is 10.0 Å². The highest BCUT2D eigenvalue weighted by Gasteiger charge is 2.25. The molecule has 17 heavy (non-hydrogen) atoms. The molecule has 1 heterocycles. The number of allylic oxidation sites excluding steroid dienone is 1. The summed E-state index contributed by atoms with van der Waals surface area (Å²) >= 11 is 3.29. The van der Waals surface area contributed by atoms with Crippen molar-refractivity contribution in [1.29, 1.82) is 0 Å². The van der Waals surface area contributed by atoms with Crippen LogP contribution in [0.1, 0.15) is 0 Å². The molecule has 1 aromatic carbocycles. The largest absolute Gasteiger partial charge is 0.488 e. The number of sulfonamides is 1. The highest BCUT2D eigenvalue weighted by atomic mass is 79.9. The first-order valence-corrected chi connectivity index (χ1v) is 6.90. The van der Waals surface area contributed by atoms with Gasteiger partial charge in [0.05, 0.1) is 11.9 Å². The predicted molar refractivity (Wildman–Crippen MR) is 68.3 cm³/mol. The van der Waals surface area contributed by atoms with E-state index in [0.29, 0.717) is 5.75 Å². The molecule has 0 radical (unpaired) electrons. The molecule has 1 aliphatic heterocycles. The van der Waals surface area contributed by atoms with Gasteiger partial charge in [-0.1, -0.05) is 22.0 Å². The molecular formula is C10H9BrN2O3S. The molecule has 0 atom stereocenters. The lowest BCUT2D eigenvalue weighted by Gasteiger charge is -2.07. The molecule has 0 unspecified atom stereocenters. The second-order valence-corrected chi connectivity index (χ2v) is 5.90. The Balaban J connectivity index is 2.12. The molecule has 1 aliphatic rings. The van der Waals surface area contributed by atoms with Crippen LogP contribution in [0.15, 0.2) is 43.7 Å². The summed E-state index contributed by atoms with van der Waals surface area (Å²) in [5.74, 6) is 0.557. The molecule has 0 fully saturated rings. The van der Waals surface area contributed by atoms with Crippen LogP contribution in [0.5, 0.6) is 5.75 Å². The SMILES string of the molecule is NC1=C(COc2cccc(Br)c2)S(=O)(=O)N=C1. The molecule has 5 nitrogen and oxygen atoms in total. The van der Waals surface area contributed by atoms with E-state index in [1.165, 1.54) is 0 Å². The van der Waals surface area contributed by atoms with E-state index in [-0.39, 0.29) is 17.2 Å². The average molecular weight is 317 g/mol. The van der Waals surface area contributed by atoms with Crippen molar-refractivity contribution in [3.63, 3.8) is 0 Å². The second kappa shape index (κ2) is 4.50. The number of hydrogen-bond acceptors (Lipinski definition) is 4. The van der Waals surface area contributed by atoms with E-state index in [2.05, 4.69) is 20.3 Å². The van der Waals surface area contributed by atoms with Crippen molar-refractivity contribution < 1.29 is 13.2 Å². The van der Waals surface area contributed by atoms with Crippen molar-refractivity contribution in [3.05, 3.63) is 39.3 Å². The van der Waals surface area contributed by atoms with Gasteiger partial charge >= 0.3 is 0 Å². The number of benzene rings is 1. The fourth-order valence-corrected chi connectivity index (χ4v) is 2.59. The first kappa shape index (κ1) is 12.1. The Labute approximate surface area is 107 Å². The first-order chi connectivity index (χ1) is 7.99. The van der Waals surface area contributed by atoms with Gasteiger partial charge in [0.15, 0.2) is 0 Å². The number of hydrogen-bond donors (Lipinski definition) is 1. The van der Waals surface area contributed by atoms with Gasteiger partial charge in [0.25, 0.3) is 10.0 Å². The van der Waals surface area contributed by atoms with Crippen molar-refractivity contribution in [2.75, 3.05) is 6.61 Å². The lowest BCUT2D eigenvalue weighted by Crippen LogP contribution is -2.12. The van der Waals surface area contributed by atoms with Crippen molar-refractivity contribution >= 4 is 32.2 Å². The van der Waals surface area contributed by atoms with Gasteiger partial charge in [-0.2, -0.15) is 12.8 Å². The summed E-state index contributed by atoms with van der Waals surface area (Å²) in [6.45, 7) is -0.120. The van der Waals surface area contributed by atoms with Crippen LogP contribution in [0.2, 0.25) is 0 Å². The van der Waals surface area contributed by atoms with Crippen molar-refractivity contribution in [3.8, 4) is 5.75 Å². The third-order valence-electron chi connectivity index (χ3n) is 2.13. The molecular weight excluding hydrogens is 308 g/mol. The normalized spacial score (nSPS) is 17.5. The minimum absolute atomic E-state index is 0.00234. The topological polar surface area (TPSA) is 81.8 Å². The lowest BCUT2D eigenvalue weighted by molar-refractivity contribution is 0.357.